The van der Waals surface area contributed by atoms with Gasteiger partial charge in [0, 0.05) is 12.3 Å². The molecule has 0 saturated heterocycles. The van der Waals surface area contributed by atoms with Crippen LogP contribution in [0.1, 0.15) is 16.8 Å². The zero-order chi connectivity index (χ0) is 15.2. The number of hydrogen-bond acceptors (Lipinski definition) is 5. The van der Waals surface area contributed by atoms with E-state index < -0.39 is 0 Å². The van der Waals surface area contributed by atoms with Crippen LogP contribution in [0.2, 0.25) is 0 Å². The van der Waals surface area contributed by atoms with Crippen molar-refractivity contribution >= 4 is 5.69 Å². The lowest BCUT2D eigenvalue weighted by Crippen LogP contribution is -2.06. The highest BCUT2D eigenvalue weighted by Gasteiger charge is 2.12. The summed E-state index contributed by atoms with van der Waals surface area (Å²) >= 11 is 0. The third-order valence-corrected chi connectivity index (χ3v) is 3.20. The van der Waals surface area contributed by atoms with Crippen LogP contribution in [0.4, 0.5) is 5.69 Å². The van der Waals surface area contributed by atoms with Crippen LogP contribution in [0.15, 0.2) is 30.5 Å². The third-order valence-electron chi connectivity index (χ3n) is 3.20. The summed E-state index contributed by atoms with van der Waals surface area (Å²) < 4.78 is 10.6. The Morgan fingerprint density at radius 3 is 2.71 bits per heavy atom. The monoisotopic (exact) mass is 283 g/mol. The Labute approximate surface area is 124 Å². The van der Waals surface area contributed by atoms with E-state index in [1.54, 1.807) is 26.5 Å². The summed E-state index contributed by atoms with van der Waals surface area (Å²) in [6, 6.07) is 9.65. The number of rotatable bonds is 5. The molecule has 5 nitrogen and oxygen atoms in total. The summed E-state index contributed by atoms with van der Waals surface area (Å²) in [6.07, 6.45) is 1.67. The van der Waals surface area contributed by atoms with Crippen molar-refractivity contribution in [3.8, 4) is 17.6 Å². The summed E-state index contributed by atoms with van der Waals surface area (Å²) in [5, 5.41) is 12.5. The molecule has 1 N–H and O–H groups in total. The lowest BCUT2D eigenvalue weighted by molar-refractivity contribution is 0.350. The number of nitrogens with one attached hydrogen (secondary N) is 1. The predicted octanol–water partition coefficient (Wildman–Crippen LogP) is 2.89. The molecule has 2 aromatic rings. The van der Waals surface area contributed by atoms with Crippen LogP contribution in [-0.2, 0) is 6.54 Å². The van der Waals surface area contributed by atoms with Crippen LogP contribution in [0.25, 0.3) is 0 Å². The molecule has 0 spiro atoms. The van der Waals surface area contributed by atoms with Crippen LogP contribution < -0.4 is 14.8 Å². The van der Waals surface area contributed by atoms with E-state index in [4.69, 9.17) is 9.47 Å². The molecule has 0 aliphatic carbocycles. The van der Waals surface area contributed by atoms with Gasteiger partial charge in [-0.1, -0.05) is 12.1 Å². The van der Waals surface area contributed by atoms with E-state index in [0.29, 0.717) is 23.6 Å². The summed E-state index contributed by atoms with van der Waals surface area (Å²) in [4.78, 5) is 4.30. The number of nitriles is 1. The van der Waals surface area contributed by atoms with Crippen molar-refractivity contribution in [2.75, 3.05) is 19.5 Å². The lowest BCUT2D eigenvalue weighted by Gasteiger charge is -2.13. The molecule has 21 heavy (non-hydrogen) atoms. The van der Waals surface area contributed by atoms with Crippen molar-refractivity contribution in [3.63, 3.8) is 0 Å². The predicted molar refractivity (Wildman–Crippen MR) is 80.6 cm³/mol. The topological polar surface area (TPSA) is 67.2 Å². The standard InChI is InChI=1S/C16H17N3O2/c1-11-5-4-6-13(12(11)9-17)19-10-14-16(21-3)15(20-2)7-8-18-14/h4-8,19H,10H2,1-3H3. The molecule has 1 aromatic heterocycles. The molecule has 1 aromatic carbocycles. The highest BCUT2D eigenvalue weighted by Crippen LogP contribution is 2.29. The maximum atomic E-state index is 9.23. The number of anilines is 1. The SMILES string of the molecule is COc1ccnc(CNc2cccc(C)c2C#N)c1OC. The molecule has 0 amide bonds. The van der Waals surface area contributed by atoms with Gasteiger partial charge in [-0.2, -0.15) is 5.26 Å². The first-order chi connectivity index (χ1) is 10.2. The van der Waals surface area contributed by atoms with Crippen molar-refractivity contribution in [2.45, 2.75) is 13.5 Å². The van der Waals surface area contributed by atoms with Gasteiger partial charge in [0.2, 0.25) is 0 Å². The van der Waals surface area contributed by atoms with E-state index in [1.807, 2.05) is 25.1 Å². The summed E-state index contributed by atoms with van der Waals surface area (Å²) in [7, 11) is 3.17. The van der Waals surface area contributed by atoms with E-state index in [0.717, 1.165) is 16.9 Å². The second kappa shape index (κ2) is 6.62. The van der Waals surface area contributed by atoms with E-state index >= 15 is 0 Å². The Kier molecular flexibility index (Phi) is 4.62. The number of ether oxygens (including phenoxy) is 2. The molecule has 0 unspecified atom stereocenters. The minimum absolute atomic E-state index is 0.443. The first-order valence-corrected chi connectivity index (χ1v) is 6.50. The Morgan fingerprint density at radius 2 is 2.05 bits per heavy atom. The van der Waals surface area contributed by atoms with E-state index in [2.05, 4.69) is 16.4 Å². The van der Waals surface area contributed by atoms with Gasteiger partial charge in [-0.3, -0.25) is 4.98 Å². The first-order valence-electron chi connectivity index (χ1n) is 6.50. The van der Waals surface area contributed by atoms with E-state index in [-0.39, 0.29) is 0 Å². The van der Waals surface area contributed by atoms with Crippen LogP contribution in [-0.4, -0.2) is 19.2 Å². The molecule has 0 bridgehead atoms. The number of pyridine rings is 1. The maximum Gasteiger partial charge on any atom is 0.184 e. The fraction of sp³-hybridized carbons (Fsp3) is 0.250. The number of hydrogen-bond donors (Lipinski definition) is 1. The first kappa shape index (κ1) is 14.7. The number of aromatic nitrogens is 1. The normalized spacial score (nSPS) is 9.81. The van der Waals surface area contributed by atoms with Gasteiger partial charge >= 0.3 is 0 Å². The van der Waals surface area contributed by atoms with Crippen molar-refractivity contribution < 1.29 is 9.47 Å². The van der Waals surface area contributed by atoms with Crippen LogP contribution in [0.3, 0.4) is 0 Å². The second-order valence-corrected chi connectivity index (χ2v) is 4.46. The number of nitrogens with zero attached hydrogens (tertiary/aromatic N) is 2. The molecule has 5 heteroatoms. The van der Waals surface area contributed by atoms with Crippen molar-refractivity contribution in [1.82, 2.24) is 4.98 Å². The van der Waals surface area contributed by atoms with Gasteiger partial charge in [0.25, 0.3) is 0 Å². The lowest BCUT2D eigenvalue weighted by atomic mass is 10.1. The van der Waals surface area contributed by atoms with Gasteiger partial charge in [-0.15, -0.1) is 0 Å². The Morgan fingerprint density at radius 1 is 1.24 bits per heavy atom. The second-order valence-electron chi connectivity index (χ2n) is 4.46. The molecule has 108 valence electrons. The van der Waals surface area contributed by atoms with E-state index in [9.17, 15) is 5.26 Å². The Hall–Kier alpha value is -2.74. The van der Waals surface area contributed by atoms with Gasteiger partial charge in [0.1, 0.15) is 11.8 Å². The van der Waals surface area contributed by atoms with Gasteiger partial charge in [-0.25, -0.2) is 0 Å². The molecule has 0 radical (unpaired) electrons. The molecule has 0 fully saturated rings. The Bertz CT molecular complexity index is 678. The minimum Gasteiger partial charge on any atom is -0.493 e. The van der Waals surface area contributed by atoms with Gasteiger partial charge in [0.15, 0.2) is 11.5 Å². The average Bonchev–Trinajstić information content (AvgIpc) is 2.52. The molecule has 0 aliphatic rings. The number of methoxy groups -OCH3 is 2. The van der Waals surface area contributed by atoms with Crippen LogP contribution in [0.5, 0.6) is 11.5 Å². The van der Waals surface area contributed by atoms with Crippen molar-refractivity contribution in [3.05, 3.63) is 47.3 Å². The maximum absolute atomic E-state index is 9.23. The number of benzene rings is 1. The Balaban J connectivity index is 2.25. The largest absolute Gasteiger partial charge is 0.493 e. The highest BCUT2D eigenvalue weighted by atomic mass is 16.5. The third kappa shape index (κ3) is 3.06. The molecule has 0 saturated carbocycles. The highest BCUT2D eigenvalue weighted by molar-refractivity contribution is 5.61. The molecule has 1 heterocycles. The fourth-order valence-electron chi connectivity index (χ4n) is 2.12. The van der Waals surface area contributed by atoms with Crippen molar-refractivity contribution in [2.24, 2.45) is 0 Å². The summed E-state index contributed by atoms with van der Waals surface area (Å²) in [6.45, 7) is 2.35. The molecular weight excluding hydrogens is 266 g/mol. The smallest absolute Gasteiger partial charge is 0.184 e. The van der Waals surface area contributed by atoms with Crippen LogP contribution in [0, 0.1) is 18.3 Å². The quantitative estimate of drug-likeness (QED) is 0.913. The summed E-state index contributed by atoms with van der Waals surface area (Å²) in [5.41, 5.74) is 3.08. The molecule has 0 atom stereocenters. The fourth-order valence-corrected chi connectivity index (χ4v) is 2.12. The van der Waals surface area contributed by atoms with Gasteiger partial charge in [0.05, 0.1) is 32.0 Å². The molecule has 0 aliphatic heterocycles. The molecule has 2 rings (SSSR count). The minimum atomic E-state index is 0.443. The number of aryl methyl sites for hydroxylation is 1. The summed E-state index contributed by atoms with van der Waals surface area (Å²) in [5.74, 6) is 1.23. The van der Waals surface area contributed by atoms with E-state index in [1.165, 1.54) is 0 Å². The molecular formula is C16H17N3O2. The van der Waals surface area contributed by atoms with Gasteiger partial charge in [-0.05, 0) is 18.6 Å². The zero-order valence-corrected chi connectivity index (χ0v) is 12.3. The zero-order valence-electron chi connectivity index (χ0n) is 12.3. The van der Waals surface area contributed by atoms with Crippen molar-refractivity contribution in [1.29, 1.82) is 5.26 Å². The van der Waals surface area contributed by atoms with Gasteiger partial charge < -0.3 is 14.8 Å². The van der Waals surface area contributed by atoms with Crippen LogP contribution >= 0.6 is 0 Å². The average molecular weight is 283 g/mol.